The predicted octanol–water partition coefficient (Wildman–Crippen LogP) is -0.531. The van der Waals surface area contributed by atoms with Gasteiger partial charge in [0.05, 0.1) is 11.8 Å². The van der Waals surface area contributed by atoms with Crippen LogP contribution in [0.5, 0.6) is 0 Å². The van der Waals surface area contributed by atoms with E-state index < -0.39 is 29.8 Å². The second-order valence-electron chi connectivity index (χ2n) is 4.50. The normalized spacial score (nSPS) is 22.5. The van der Waals surface area contributed by atoms with Crippen molar-refractivity contribution in [2.24, 2.45) is 5.73 Å². The van der Waals surface area contributed by atoms with E-state index >= 15 is 0 Å². The largest absolute Gasteiger partial charge is 0.396 e. The molecule has 1 fully saturated rings. The zero-order valence-electron chi connectivity index (χ0n) is 10.0. The molecule has 0 saturated carbocycles. The Morgan fingerprint density at radius 2 is 2.11 bits per heavy atom. The number of aliphatic hydroxyl groups is 1. The minimum atomic E-state index is -0.853. The van der Waals surface area contributed by atoms with Crippen LogP contribution in [0.1, 0.15) is 16.8 Å². The maximum absolute atomic E-state index is 13.0. The minimum absolute atomic E-state index is 0.0176. The Balaban J connectivity index is 2.27. The minimum Gasteiger partial charge on any atom is -0.396 e. The molecular formula is C12H14FN3O3. The zero-order chi connectivity index (χ0) is 14.2. The van der Waals surface area contributed by atoms with Crippen molar-refractivity contribution < 1.29 is 19.1 Å². The molecule has 1 heterocycles. The first-order valence-electron chi connectivity index (χ1n) is 5.73. The number of primary amides is 1. The number of amides is 2. The van der Waals surface area contributed by atoms with Crippen molar-refractivity contribution in [2.75, 3.05) is 12.3 Å². The molecule has 1 aromatic rings. The van der Waals surface area contributed by atoms with E-state index in [1.807, 2.05) is 0 Å². The van der Waals surface area contributed by atoms with Crippen LogP contribution in [-0.2, 0) is 4.79 Å². The van der Waals surface area contributed by atoms with Crippen LogP contribution in [0.3, 0.4) is 0 Å². The third-order valence-electron chi connectivity index (χ3n) is 3.11. The Hall–Kier alpha value is -2.15. The highest BCUT2D eigenvalue weighted by molar-refractivity contribution is 5.98. The van der Waals surface area contributed by atoms with Gasteiger partial charge in [-0.2, -0.15) is 0 Å². The van der Waals surface area contributed by atoms with Crippen LogP contribution >= 0.6 is 0 Å². The van der Waals surface area contributed by atoms with Gasteiger partial charge in [0.25, 0.3) is 5.91 Å². The molecule has 2 atom stereocenters. The van der Waals surface area contributed by atoms with Gasteiger partial charge in [-0.1, -0.05) is 0 Å². The standard InChI is InChI=1S/C12H14FN3O3/c13-8-2-1-6(3-9(8)14)12(19)16-5-7(17)4-10(16)11(15)18/h1-3,7,10,17H,4-5,14H2,(H2,15,18). The van der Waals surface area contributed by atoms with Crippen LogP contribution in [0.25, 0.3) is 0 Å². The number of hydrogen-bond donors (Lipinski definition) is 3. The van der Waals surface area contributed by atoms with Gasteiger partial charge in [-0.3, -0.25) is 9.59 Å². The lowest BCUT2D eigenvalue weighted by Gasteiger charge is -2.22. The molecule has 1 aliphatic rings. The van der Waals surface area contributed by atoms with E-state index in [-0.39, 0.29) is 24.2 Å². The molecule has 5 N–H and O–H groups in total. The second-order valence-corrected chi connectivity index (χ2v) is 4.50. The Labute approximate surface area is 108 Å². The highest BCUT2D eigenvalue weighted by Crippen LogP contribution is 2.22. The Bertz CT molecular complexity index is 535. The molecule has 0 spiro atoms. The van der Waals surface area contributed by atoms with E-state index in [0.29, 0.717) is 0 Å². The average Bonchev–Trinajstić information content (AvgIpc) is 2.74. The van der Waals surface area contributed by atoms with Gasteiger partial charge < -0.3 is 21.5 Å². The lowest BCUT2D eigenvalue weighted by Crippen LogP contribution is -2.43. The number of rotatable bonds is 2. The van der Waals surface area contributed by atoms with Crippen LogP contribution in [0.15, 0.2) is 18.2 Å². The molecule has 0 aliphatic carbocycles. The number of β-amino-alcohol motifs (C(OH)–C–C–N with tert-alkyl or cyclic N) is 1. The van der Waals surface area contributed by atoms with Gasteiger partial charge in [-0.05, 0) is 18.2 Å². The molecule has 1 saturated heterocycles. The number of carbonyl (C=O) groups excluding carboxylic acids is 2. The number of aliphatic hydroxyl groups excluding tert-OH is 1. The predicted molar refractivity (Wildman–Crippen MR) is 65.5 cm³/mol. The SMILES string of the molecule is NC(=O)C1CC(O)CN1C(=O)c1ccc(F)c(N)c1. The third-order valence-corrected chi connectivity index (χ3v) is 3.11. The summed E-state index contributed by atoms with van der Waals surface area (Å²) in [5.74, 6) is -1.81. The summed E-state index contributed by atoms with van der Waals surface area (Å²) in [7, 11) is 0. The molecule has 1 aromatic carbocycles. The van der Waals surface area contributed by atoms with E-state index in [4.69, 9.17) is 11.5 Å². The summed E-state index contributed by atoms with van der Waals surface area (Å²) in [4.78, 5) is 24.6. The molecule has 19 heavy (non-hydrogen) atoms. The van der Waals surface area contributed by atoms with E-state index in [1.165, 1.54) is 17.0 Å². The Kier molecular flexibility index (Phi) is 3.39. The molecule has 2 amide bonds. The topological polar surface area (TPSA) is 110 Å². The number of halogens is 1. The van der Waals surface area contributed by atoms with E-state index in [0.717, 1.165) is 6.07 Å². The number of benzene rings is 1. The van der Waals surface area contributed by atoms with Crippen molar-refractivity contribution in [1.82, 2.24) is 4.90 Å². The van der Waals surface area contributed by atoms with Gasteiger partial charge in [-0.15, -0.1) is 0 Å². The fraction of sp³-hybridized carbons (Fsp3) is 0.333. The lowest BCUT2D eigenvalue weighted by atomic mass is 10.1. The third kappa shape index (κ3) is 2.50. The van der Waals surface area contributed by atoms with Gasteiger partial charge in [0.2, 0.25) is 5.91 Å². The highest BCUT2D eigenvalue weighted by atomic mass is 19.1. The van der Waals surface area contributed by atoms with Crippen molar-refractivity contribution >= 4 is 17.5 Å². The fourth-order valence-corrected chi connectivity index (χ4v) is 2.15. The molecule has 2 unspecified atom stereocenters. The molecule has 7 heteroatoms. The van der Waals surface area contributed by atoms with Crippen LogP contribution in [0.4, 0.5) is 10.1 Å². The molecule has 1 aliphatic heterocycles. The van der Waals surface area contributed by atoms with E-state index in [1.54, 1.807) is 0 Å². The molecule has 102 valence electrons. The first-order valence-corrected chi connectivity index (χ1v) is 5.73. The quantitative estimate of drug-likeness (QED) is 0.625. The summed E-state index contributed by atoms with van der Waals surface area (Å²) < 4.78 is 13.0. The second kappa shape index (κ2) is 4.85. The van der Waals surface area contributed by atoms with Gasteiger partial charge >= 0.3 is 0 Å². The average molecular weight is 267 g/mol. The summed E-state index contributed by atoms with van der Waals surface area (Å²) in [5.41, 5.74) is 10.6. The maximum Gasteiger partial charge on any atom is 0.254 e. The first-order chi connectivity index (χ1) is 8.90. The van der Waals surface area contributed by atoms with Crippen LogP contribution in [0.2, 0.25) is 0 Å². The van der Waals surface area contributed by atoms with Crippen molar-refractivity contribution in [2.45, 2.75) is 18.6 Å². The summed E-state index contributed by atoms with van der Waals surface area (Å²) in [6.07, 6.45) is -0.683. The molecule has 2 rings (SSSR count). The Morgan fingerprint density at radius 1 is 1.42 bits per heavy atom. The molecule has 0 bridgehead atoms. The number of likely N-dealkylation sites (tertiary alicyclic amines) is 1. The van der Waals surface area contributed by atoms with Crippen LogP contribution in [0, 0.1) is 5.82 Å². The molecule has 0 aromatic heterocycles. The number of hydrogen-bond acceptors (Lipinski definition) is 4. The number of anilines is 1. The number of nitrogen functional groups attached to an aromatic ring is 1. The summed E-state index contributed by atoms with van der Waals surface area (Å²) in [5, 5.41) is 9.53. The van der Waals surface area contributed by atoms with Crippen molar-refractivity contribution in [3.63, 3.8) is 0 Å². The van der Waals surface area contributed by atoms with Crippen LogP contribution in [-0.4, -0.2) is 40.5 Å². The zero-order valence-corrected chi connectivity index (χ0v) is 10.0. The number of nitrogens with zero attached hydrogens (tertiary/aromatic N) is 1. The summed E-state index contributed by atoms with van der Waals surface area (Å²) in [6, 6.07) is 2.69. The highest BCUT2D eigenvalue weighted by Gasteiger charge is 2.38. The van der Waals surface area contributed by atoms with Gasteiger partial charge in [0.15, 0.2) is 0 Å². The van der Waals surface area contributed by atoms with Gasteiger partial charge in [0.1, 0.15) is 11.9 Å². The number of nitrogens with two attached hydrogens (primary N) is 2. The van der Waals surface area contributed by atoms with Crippen molar-refractivity contribution in [1.29, 1.82) is 0 Å². The van der Waals surface area contributed by atoms with Crippen molar-refractivity contribution in [3.8, 4) is 0 Å². The fourth-order valence-electron chi connectivity index (χ4n) is 2.15. The first kappa shape index (κ1) is 13.3. The summed E-state index contributed by atoms with van der Waals surface area (Å²) in [6.45, 7) is 0.0176. The Morgan fingerprint density at radius 3 is 2.68 bits per heavy atom. The lowest BCUT2D eigenvalue weighted by molar-refractivity contribution is -0.121. The molecule has 0 radical (unpaired) electrons. The van der Waals surface area contributed by atoms with Gasteiger partial charge in [0, 0.05) is 18.5 Å². The molecular weight excluding hydrogens is 253 g/mol. The molecule has 6 nitrogen and oxygen atoms in total. The van der Waals surface area contributed by atoms with E-state index in [9.17, 15) is 19.1 Å². The monoisotopic (exact) mass is 267 g/mol. The van der Waals surface area contributed by atoms with Crippen molar-refractivity contribution in [3.05, 3.63) is 29.6 Å². The number of carbonyl (C=O) groups is 2. The maximum atomic E-state index is 13.0. The van der Waals surface area contributed by atoms with Crippen LogP contribution < -0.4 is 11.5 Å². The summed E-state index contributed by atoms with van der Waals surface area (Å²) >= 11 is 0. The van der Waals surface area contributed by atoms with E-state index in [2.05, 4.69) is 0 Å². The smallest absolute Gasteiger partial charge is 0.254 e. The van der Waals surface area contributed by atoms with Gasteiger partial charge in [-0.25, -0.2) is 4.39 Å².